The Morgan fingerprint density at radius 2 is 0.741 bits per heavy atom. The number of rotatable bonds is 58. The van der Waals surface area contributed by atoms with Gasteiger partial charge in [0.25, 0.3) is 0 Å². The van der Waals surface area contributed by atoms with Crippen LogP contribution in [-0.4, -0.2) is 89.2 Å². The molecule has 486 valence electrons. The molecule has 1 heterocycles. The maximum Gasteiger partial charge on any atom is 0.335 e. The van der Waals surface area contributed by atoms with Gasteiger partial charge < -0.3 is 39.0 Å². The molecule has 0 aromatic carbocycles. The number of esters is 3. The van der Waals surface area contributed by atoms with E-state index < -0.39 is 67.3 Å². The van der Waals surface area contributed by atoms with E-state index in [0.29, 0.717) is 19.3 Å². The monoisotopic (exact) mass is 1190 g/mol. The minimum absolute atomic E-state index is 0.0561. The lowest BCUT2D eigenvalue weighted by molar-refractivity contribution is -0.301. The predicted molar refractivity (Wildman–Crippen MR) is 349 cm³/mol. The van der Waals surface area contributed by atoms with Crippen molar-refractivity contribution in [3.8, 4) is 0 Å². The van der Waals surface area contributed by atoms with E-state index in [1.54, 1.807) is 0 Å². The quantitative estimate of drug-likeness (QED) is 0.0228. The highest BCUT2D eigenvalue weighted by Gasteiger charge is 2.50. The van der Waals surface area contributed by atoms with E-state index in [1.165, 1.54) is 89.9 Å². The van der Waals surface area contributed by atoms with Gasteiger partial charge in [-0.1, -0.05) is 272 Å². The van der Waals surface area contributed by atoms with Crippen molar-refractivity contribution >= 4 is 23.9 Å². The van der Waals surface area contributed by atoms with Crippen molar-refractivity contribution in [2.45, 2.75) is 327 Å². The number of unbranched alkanes of at least 4 members (excludes halogenated alkanes) is 28. The Labute approximate surface area is 517 Å². The normalized spacial score (nSPS) is 18.1. The summed E-state index contributed by atoms with van der Waals surface area (Å²) in [6.07, 6.45) is 67.9. The van der Waals surface area contributed by atoms with Crippen LogP contribution in [0.1, 0.15) is 290 Å². The van der Waals surface area contributed by atoms with Crippen molar-refractivity contribution in [2.24, 2.45) is 0 Å². The van der Waals surface area contributed by atoms with Crippen LogP contribution in [0.5, 0.6) is 0 Å². The molecule has 12 heteroatoms. The molecule has 0 saturated carbocycles. The Kier molecular flexibility index (Phi) is 55.5. The Morgan fingerprint density at radius 1 is 0.400 bits per heavy atom. The molecule has 0 aromatic rings. The molecule has 0 bridgehead atoms. The highest BCUT2D eigenvalue weighted by molar-refractivity contribution is 5.74. The van der Waals surface area contributed by atoms with Crippen LogP contribution in [0.25, 0.3) is 0 Å². The number of carboxylic acid groups (broad SMARTS) is 1. The first kappa shape index (κ1) is 78.7. The maximum atomic E-state index is 13.2. The second kappa shape index (κ2) is 59.9. The Hall–Kier alpha value is -4.36. The van der Waals surface area contributed by atoms with Gasteiger partial charge in [0.2, 0.25) is 0 Å². The third kappa shape index (κ3) is 49.3. The number of aliphatic carboxylic acids is 1. The van der Waals surface area contributed by atoms with Gasteiger partial charge in [0.15, 0.2) is 24.6 Å². The van der Waals surface area contributed by atoms with Gasteiger partial charge in [0.05, 0.1) is 6.61 Å². The smallest absolute Gasteiger partial charge is 0.335 e. The average molecular weight is 1190 g/mol. The standard InChI is InChI=1S/C73H122O12/c1-4-7-10-13-16-19-22-25-28-31-33-36-38-41-44-47-50-53-56-59-65(74)81-62-64(83-66(75)60-57-54-51-48-45-42-39-35-30-27-24-21-18-15-12-9-6-3)63-82-73-71(69(78)68(77)70(85-73)72(79)80)84-67(76)61-58-55-52-49-46-43-40-37-34-32-29-26-23-20-17-14-11-8-5-2/h7,9-10,12,16,18-19,21,25,27-28,30,33,36,41,44,64,68-71,73,77-78H,4-6,8,11,13-15,17,20,22-24,26,29,31-32,34-35,37-40,42-43,45-63H2,1-3H3,(H,79,80)/b10-7-,12-9-,19-16-,21-18-,28-25-,30-27-,36-33-,44-41-. The Morgan fingerprint density at radius 3 is 1.14 bits per heavy atom. The summed E-state index contributed by atoms with van der Waals surface area (Å²) < 4.78 is 28.6. The molecule has 1 rings (SSSR count). The van der Waals surface area contributed by atoms with Gasteiger partial charge >= 0.3 is 23.9 Å². The van der Waals surface area contributed by atoms with E-state index in [4.69, 9.17) is 23.7 Å². The van der Waals surface area contributed by atoms with Crippen molar-refractivity contribution in [1.82, 2.24) is 0 Å². The number of ether oxygens (including phenoxy) is 5. The van der Waals surface area contributed by atoms with E-state index in [0.717, 1.165) is 141 Å². The summed E-state index contributed by atoms with van der Waals surface area (Å²) in [7, 11) is 0. The third-order valence-corrected chi connectivity index (χ3v) is 15.2. The fraction of sp³-hybridized carbons (Fsp3) is 0.726. The zero-order valence-corrected chi connectivity index (χ0v) is 53.8. The van der Waals surface area contributed by atoms with E-state index in [1.807, 2.05) is 0 Å². The number of allylic oxidation sites excluding steroid dienone is 16. The molecule has 85 heavy (non-hydrogen) atoms. The summed E-state index contributed by atoms with van der Waals surface area (Å²) in [6, 6.07) is 0. The minimum atomic E-state index is -1.91. The van der Waals surface area contributed by atoms with Crippen molar-refractivity contribution < 1.29 is 58.2 Å². The number of hydrogen-bond acceptors (Lipinski definition) is 11. The van der Waals surface area contributed by atoms with Crippen LogP contribution in [0.15, 0.2) is 97.2 Å². The lowest BCUT2D eigenvalue weighted by Gasteiger charge is -2.40. The summed E-state index contributed by atoms with van der Waals surface area (Å²) in [5, 5.41) is 31.7. The molecule has 0 spiro atoms. The minimum Gasteiger partial charge on any atom is -0.479 e. The first-order valence-electron chi connectivity index (χ1n) is 34.2. The first-order chi connectivity index (χ1) is 41.6. The molecular formula is C73H122O12. The molecule has 12 nitrogen and oxygen atoms in total. The number of aliphatic hydroxyl groups is 2. The van der Waals surface area contributed by atoms with Crippen LogP contribution in [0.2, 0.25) is 0 Å². The predicted octanol–water partition coefficient (Wildman–Crippen LogP) is 18.8. The van der Waals surface area contributed by atoms with E-state index in [9.17, 15) is 34.5 Å². The number of carboxylic acids is 1. The Bertz CT molecular complexity index is 1840. The van der Waals surface area contributed by atoms with Crippen molar-refractivity contribution in [2.75, 3.05) is 13.2 Å². The van der Waals surface area contributed by atoms with Crippen LogP contribution >= 0.6 is 0 Å². The van der Waals surface area contributed by atoms with E-state index in [2.05, 4.69) is 118 Å². The van der Waals surface area contributed by atoms with Crippen molar-refractivity contribution in [1.29, 1.82) is 0 Å². The second-order valence-corrected chi connectivity index (χ2v) is 23.1. The van der Waals surface area contributed by atoms with Gasteiger partial charge in [-0.05, 0) is 96.3 Å². The van der Waals surface area contributed by atoms with Gasteiger partial charge in [0.1, 0.15) is 18.8 Å². The summed E-state index contributed by atoms with van der Waals surface area (Å²) in [5.41, 5.74) is 0. The van der Waals surface area contributed by atoms with Crippen LogP contribution in [-0.2, 0) is 42.9 Å². The lowest BCUT2D eigenvalue weighted by atomic mass is 9.98. The molecule has 0 aromatic heterocycles. The SMILES string of the molecule is CC/C=C\C/C=C\C/C=C\C/C=C\C/C=C\CCCCCC(=O)OCC(COC1OC(C(=O)O)C(O)C(O)C1OC(=O)CCCCCCCCCCCCCCCCCCCCC)OC(=O)CCCCCCCCC/C=C\C/C=C\C/C=C\CC. The zero-order chi connectivity index (χ0) is 61.7. The molecule has 6 unspecified atom stereocenters. The van der Waals surface area contributed by atoms with E-state index >= 15 is 0 Å². The Balaban J connectivity index is 2.66. The van der Waals surface area contributed by atoms with Gasteiger partial charge in [0, 0.05) is 19.3 Å². The number of carbonyl (C=O) groups is 4. The van der Waals surface area contributed by atoms with Crippen molar-refractivity contribution in [3.63, 3.8) is 0 Å². The fourth-order valence-electron chi connectivity index (χ4n) is 10.00. The van der Waals surface area contributed by atoms with Crippen LogP contribution in [0.3, 0.4) is 0 Å². The number of carbonyl (C=O) groups excluding carboxylic acids is 3. The van der Waals surface area contributed by atoms with Gasteiger partial charge in [-0.25, -0.2) is 4.79 Å². The lowest BCUT2D eigenvalue weighted by Crippen LogP contribution is -2.61. The van der Waals surface area contributed by atoms with Gasteiger partial charge in [-0.15, -0.1) is 0 Å². The summed E-state index contributed by atoms with van der Waals surface area (Å²) in [5.74, 6) is -3.16. The molecule has 1 aliphatic heterocycles. The summed E-state index contributed by atoms with van der Waals surface area (Å²) >= 11 is 0. The molecule has 6 atom stereocenters. The largest absolute Gasteiger partial charge is 0.479 e. The molecule has 0 amide bonds. The number of aliphatic hydroxyl groups excluding tert-OH is 2. The van der Waals surface area contributed by atoms with Crippen LogP contribution in [0, 0.1) is 0 Å². The first-order valence-corrected chi connectivity index (χ1v) is 34.2. The highest BCUT2D eigenvalue weighted by atomic mass is 16.7. The molecule has 3 N–H and O–H groups in total. The topological polar surface area (TPSA) is 175 Å². The van der Waals surface area contributed by atoms with E-state index in [-0.39, 0.29) is 25.9 Å². The zero-order valence-electron chi connectivity index (χ0n) is 53.8. The molecule has 1 fully saturated rings. The fourth-order valence-corrected chi connectivity index (χ4v) is 10.00. The summed E-state index contributed by atoms with van der Waals surface area (Å²) in [6.45, 7) is 5.78. The highest BCUT2D eigenvalue weighted by Crippen LogP contribution is 2.27. The maximum absolute atomic E-state index is 13.2. The van der Waals surface area contributed by atoms with Crippen LogP contribution < -0.4 is 0 Å². The van der Waals surface area contributed by atoms with Crippen molar-refractivity contribution in [3.05, 3.63) is 97.2 Å². The molecule has 0 radical (unpaired) electrons. The molecule has 0 aliphatic carbocycles. The van der Waals surface area contributed by atoms with Gasteiger partial charge in [-0.3, -0.25) is 14.4 Å². The molecular weight excluding hydrogens is 1070 g/mol. The molecule has 1 saturated heterocycles. The molecule has 1 aliphatic rings. The second-order valence-electron chi connectivity index (χ2n) is 23.1. The summed E-state index contributed by atoms with van der Waals surface area (Å²) in [4.78, 5) is 51.4. The van der Waals surface area contributed by atoms with Crippen LogP contribution in [0.4, 0.5) is 0 Å². The van der Waals surface area contributed by atoms with Gasteiger partial charge in [-0.2, -0.15) is 0 Å². The third-order valence-electron chi connectivity index (χ3n) is 15.2. The number of hydrogen-bond donors (Lipinski definition) is 3. The average Bonchev–Trinajstić information content (AvgIpc) is 3.51.